The number of amides is 1. The Labute approximate surface area is 198 Å². The van der Waals surface area contributed by atoms with Gasteiger partial charge in [-0.05, 0) is 115 Å². The molecule has 1 fully saturated rings. The second-order valence-electron chi connectivity index (χ2n) is 10.5. The van der Waals surface area contributed by atoms with Gasteiger partial charge in [0.05, 0.1) is 4.47 Å². The molecule has 1 aliphatic carbocycles. The average Bonchev–Trinajstić information content (AvgIpc) is 2.70. The van der Waals surface area contributed by atoms with Crippen LogP contribution >= 0.6 is 15.9 Å². The van der Waals surface area contributed by atoms with E-state index >= 15 is 0 Å². The van der Waals surface area contributed by atoms with E-state index in [1.165, 1.54) is 24.5 Å². The third-order valence-electron chi connectivity index (χ3n) is 6.69. The van der Waals surface area contributed by atoms with Crippen LogP contribution in [0.2, 0.25) is 0 Å². The van der Waals surface area contributed by atoms with Crippen molar-refractivity contribution in [2.45, 2.75) is 65.9 Å². The van der Waals surface area contributed by atoms with Crippen LogP contribution in [0.1, 0.15) is 74.9 Å². The van der Waals surface area contributed by atoms with E-state index in [0.29, 0.717) is 28.1 Å². The summed E-state index contributed by atoms with van der Waals surface area (Å²) in [4.78, 5) is 13.0. The van der Waals surface area contributed by atoms with E-state index in [0.717, 1.165) is 28.6 Å². The van der Waals surface area contributed by atoms with Gasteiger partial charge in [-0.25, -0.2) is 4.39 Å². The van der Waals surface area contributed by atoms with Crippen molar-refractivity contribution >= 4 is 33.1 Å². The molecule has 0 atom stereocenters. The molecule has 170 valence electrons. The molecule has 2 aromatic rings. The van der Waals surface area contributed by atoms with E-state index in [2.05, 4.69) is 55.0 Å². The number of benzene rings is 2. The van der Waals surface area contributed by atoms with E-state index in [-0.39, 0.29) is 11.7 Å². The minimum atomic E-state index is -0.416. The maximum absolute atomic E-state index is 13.9. The number of ether oxygens (including phenoxy) is 1. The highest BCUT2D eigenvalue weighted by Gasteiger charge is 2.35. The Bertz CT molecular complexity index is 1090. The zero-order valence-corrected chi connectivity index (χ0v) is 21.0. The molecule has 3 nitrogen and oxygen atoms in total. The molecule has 2 aromatic carbocycles. The van der Waals surface area contributed by atoms with Crippen LogP contribution in [-0.2, 0) is 0 Å². The van der Waals surface area contributed by atoms with Crippen LogP contribution in [-0.4, -0.2) is 11.5 Å². The first-order chi connectivity index (χ1) is 14.9. The number of rotatable bonds is 3. The molecule has 0 spiro atoms. The number of carbonyl (C=O) groups is 1. The van der Waals surface area contributed by atoms with Crippen LogP contribution in [0.25, 0.3) is 5.57 Å². The maximum atomic E-state index is 13.9. The highest BCUT2D eigenvalue weighted by atomic mass is 79.9. The summed E-state index contributed by atoms with van der Waals surface area (Å²) in [5, 5.41) is 2.82. The second-order valence-corrected chi connectivity index (χ2v) is 11.4. The Balaban J connectivity index is 1.68. The van der Waals surface area contributed by atoms with Gasteiger partial charge in [-0.1, -0.05) is 19.9 Å². The van der Waals surface area contributed by atoms with Gasteiger partial charge >= 0.3 is 0 Å². The van der Waals surface area contributed by atoms with Gasteiger partial charge in [0.25, 0.3) is 5.91 Å². The summed E-state index contributed by atoms with van der Waals surface area (Å²) in [6.45, 7) is 10.5. The monoisotopic (exact) mass is 499 g/mol. The normalized spacial score (nSPS) is 19.5. The number of hydrogen-bond donors (Lipinski definition) is 1. The minimum absolute atomic E-state index is 0.272. The number of anilines is 1. The molecule has 5 heteroatoms. The van der Waals surface area contributed by atoms with Gasteiger partial charge < -0.3 is 10.1 Å². The van der Waals surface area contributed by atoms with Crippen LogP contribution in [0.15, 0.2) is 40.9 Å². The molecular formula is C27H31BrFNO2. The molecule has 0 bridgehead atoms. The molecule has 1 heterocycles. The third kappa shape index (κ3) is 4.78. The van der Waals surface area contributed by atoms with Crippen molar-refractivity contribution in [1.29, 1.82) is 0 Å². The van der Waals surface area contributed by atoms with Gasteiger partial charge in [-0.2, -0.15) is 0 Å². The van der Waals surface area contributed by atoms with Crippen LogP contribution in [0.4, 0.5) is 10.1 Å². The van der Waals surface area contributed by atoms with Crippen LogP contribution < -0.4 is 10.1 Å². The first kappa shape index (κ1) is 23.0. The van der Waals surface area contributed by atoms with Crippen molar-refractivity contribution in [3.05, 3.63) is 63.4 Å². The van der Waals surface area contributed by atoms with Crippen LogP contribution in [0.5, 0.6) is 5.75 Å². The fourth-order valence-electron chi connectivity index (χ4n) is 4.71. The second kappa shape index (κ2) is 8.33. The summed E-state index contributed by atoms with van der Waals surface area (Å²) in [5.41, 5.74) is 3.71. The smallest absolute Gasteiger partial charge is 0.255 e. The fourth-order valence-corrected chi connectivity index (χ4v) is 5.25. The molecule has 1 amide bonds. The largest absolute Gasteiger partial charge is 0.482 e. The predicted octanol–water partition coefficient (Wildman–Crippen LogP) is 7.92. The predicted molar refractivity (Wildman–Crippen MR) is 132 cm³/mol. The van der Waals surface area contributed by atoms with Crippen LogP contribution in [0.3, 0.4) is 0 Å². The Hall–Kier alpha value is -2.14. The highest BCUT2D eigenvalue weighted by Crippen LogP contribution is 2.49. The summed E-state index contributed by atoms with van der Waals surface area (Å²) in [6.07, 6.45) is 6.86. The van der Waals surface area contributed by atoms with Gasteiger partial charge in [-0.15, -0.1) is 0 Å². The van der Waals surface area contributed by atoms with E-state index in [1.54, 1.807) is 25.1 Å². The summed E-state index contributed by atoms with van der Waals surface area (Å²) in [7, 11) is 0. The van der Waals surface area contributed by atoms with Crippen molar-refractivity contribution in [1.82, 2.24) is 0 Å². The molecule has 32 heavy (non-hydrogen) atoms. The number of fused-ring (bicyclic) bond motifs is 1. The van der Waals surface area contributed by atoms with E-state index in [9.17, 15) is 9.18 Å². The SMILES string of the molecule is Cc1ccc(NC(=O)c2cc(Br)c3c(c2)C(C2CCC(C)(C)CC2)=CC(C)(C)O3)cc1F. The lowest BCUT2D eigenvalue weighted by Gasteiger charge is -2.39. The molecule has 0 saturated heterocycles. The third-order valence-corrected chi connectivity index (χ3v) is 7.28. The number of halogens is 2. The minimum Gasteiger partial charge on any atom is -0.482 e. The van der Waals surface area contributed by atoms with Crippen molar-refractivity contribution < 1.29 is 13.9 Å². The number of hydrogen-bond acceptors (Lipinski definition) is 2. The van der Waals surface area contributed by atoms with Gasteiger partial charge in [0.15, 0.2) is 0 Å². The highest BCUT2D eigenvalue weighted by molar-refractivity contribution is 9.10. The van der Waals surface area contributed by atoms with Gasteiger partial charge in [0, 0.05) is 16.8 Å². The maximum Gasteiger partial charge on any atom is 0.255 e. The number of allylic oxidation sites excluding steroid dienone is 1. The lowest BCUT2D eigenvalue weighted by atomic mass is 9.69. The molecule has 0 aromatic heterocycles. The number of aryl methyl sites for hydroxylation is 1. The Morgan fingerprint density at radius 1 is 1.12 bits per heavy atom. The van der Waals surface area contributed by atoms with E-state index in [1.807, 2.05) is 6.07 Å². The standard InChI is InChI=1S/C27H31BrFNO2/c1-16-6-7-19(14-23(16)29)30-25(31)18-12-20-21(17-8-10-26(2,3)11-9-17)15-27(4,5)32-24(20)22(28)13-18/h6-7,12-15,17H,8-11H2,1-5H3,(H,30,31). The number of carbonyl (C=O) groups excluding carboxylic acids is 1. The van der Waals surface area contributed by atoms with Gasteiger partial charge in [0.2, 0.25) is 0 Å². The molecule has 4 rings (SSSR count). The first-order valence-electron chi connectivity index (χ1n) is 11.3. The molecule has 1 aliphatic heterocycles. The summed E-state index contributed by atoms with van der Waals surface area (Å²) in [5.74, 6) is 0.623. The zero-order chi connectivity index (χ0) is 23.3. The fraction of sp³-hybridized carbons (Fsp3) is 0.444. The van der Waals surface area contributed by atoms with Crippen molar-refractivity contribution in [3.8, 4) is 5.75 Å². The van der Waals surface area contributed by atoms with Crippen molar-refractivity contribution in [2.75, 3.05) is 5.32 Å². The first-order valence-corrected chi connectivity index (χ1v) is 12.1. The molecular weight excluding hydrogens is 469 g/mol. The van der Waals surface area contributed by atoms with Crippen LogP contribution in [0, 0.1) is 24.1 Å². The Morgan fingerprint density at radius 2 is 1.81 bits per heavy atom. The van der Waals surface area contributed by atoms with Gasteiger partial charge in [-0.3, -0.25) is 4.79 Å². The lowest BCUT2D eigenvalue weighted by Crippen LogP contribution is -2.32. The molecule has 2 aliphatic rings. The molecule has 1 saturated carbocycles. The summed E-state index contributed by atoms with van der Waals surface area (Å²) < 4.78 is 21.0. The Morgan fingerprint density at radius 3 is 2.47 bits per heavy atom. The average molecular weight is 500 g/mol. The molecule has 0 radical (unpaired) electrons. The van der Waals surface area contributed by atoms with Crippen molar-refractivity contribution in [3.63, 3.8) is 0 Å². The zero-order valence-electron chi connectivity index (χ0n) is 19.4. The quantitative estimate of drug-likeness (QED) is 0.465. The topological polar surface area (TPSA) is 38.3 Å². The Kier molecular flexibility index (Phi) is 6.00. The summed E-state index contributed by atoms with van der Waals surface area (Å²) in [6, 6.07) is 8.42. The number of nitrogens with one attached hydrogen (secondary N) is 1. The lowest BCUT2D eigenvalue weighted by molar-refractivity contribution is 0.102. The summed E-state index contributed by atoms with van der Waals surface area (Å²) >= 11 is 3.64. The van der Waals surface area contributed by atoms with Gasteiger partial charge in [0.1, 0.15) is 17.2 Å². The molecule has 0 unspecified atom stereocenters. The van der Waals surface area contributed by atoms with E-state index in [4.69, 9.17) is 4.74 Å². The van der Waals surface area contributed by atoms with E-state index < -0.39 is 5.60 Å². The molecule has 1 N–H and O–H groups in total. The van der Waals surface area contributed by atoms with Crippen molar-refractivity contribution in [2.24, 2.45) is 11.3 Å².